The molecular formula is C7H8O2. The molecule has 1 heterocycles. The predicted octanol–water partition coefficient (Wildman–Crippen LogP) is 1.04. The molecule has 2 heteroatoms. The summed E-state index contributed by atoms with van der Waals surface area (Å²) in [6.07, 6.45) is 5.39. The molecule has 0 saturated carbocycles. The van der Waals surface area contributed by atoms with Crippen LogP contribution in [0.4, 0.5) is 0 Å². The Morgan fingerprint density at radius 2 is 2.67 bits per heavy atom. The van der Waals surface area contributed by atoms with Crippen molar-refractivity contribution in [3.05, 3.63) is 24.8 Å². The molecule has 0 N–H and O–H groups in total. The molecule has 0 radical (unpaired) electrons. The molecule has 1 aliphatic heterocycles. The monoisotopic (exact) mass is 124 g/mol. The summed E-state index contributed by atoms with van der Waals surface area (Å²) in [6.45, 7) is 3.49. The lowest BCUT2D eigenvalue weighted by Crippen LogP contribution is -2.16. The molecule has 1 rings (SSSR count). The quantitative estimate of drug-likeness (QED) is 0.385. The molecule has 1 aliphatic rings. The van der Waals surface area contributed by atoms with Gasteiger partial charge < -0.3 is 4.74 Å². The average Bonchev–Trinajstić information content (AvgIpc) is 1.88. The van der Waals surface area contributed by atoms with Gasteiger partial charge in [0.25, 0.3) is 0 Å². The van der Waals surface area contributed by atoms with Crippen molar-refractivity contribution >= 4 is 5.97 Å². The van der Waals surface area contributed by atoms with E-state index in [0.717, 1.165) is 0 Å². The molecule has 0 fully saturated rings. The van der Waals surface area contributed by atoms with Crippen LogP contribution >= 0.6 is 0 Å². The van der Waals surface area contributed by atoms with E-state index in [2.05, 4.69) is 6.58 Å². The third-order valence-corrected chi connectivity index (χ3v) is 1.11. The van der Waals surface area contributed by atoms with Crippen LogP contribution in [-0.2, 0) is 9.53 Å². The van der Waals surface area contributed by atoms with Gasteiger partial charge in [-0.3, -0.25) is 4.79 Å². The number of carbonyl (C=O) groups is 1. The molecule has 1 atom stereocenters. The maximum Gasteiger partial charge on any atom is 0.310 e. The minimum atomic E-state index is -0.203. The molecule has 0 aliphatic carbocycles. The molecule has 0 bridgehead atoms. The van der Waals surface area contributed by atoms with Crippen molar-refractivity contribution in [1.82, 2.24) is 0 Å². The average molecular weight is 124 g/mol. The molecule has 48 valence electrons. The molecule has 0 saturated heterocycles. The van der Waals surface area contributed by atoms with Gasteiger partial charge in [-0.2, -0.15) is 0 Å². The summed E-state index contributed by atoms with van der Waals surface area (Å²) in [5.41, 5.74) is 0. The number of hydrogen-bond acceptors (Lipinski definition) is 2. The molecule has 0 aromatic heterocycles. The molecule has 2 nitrogen and oxygen atoms in total. The first kappa shape index (κ1) is 6.08. The summed E-state index contributed by atoms with van der Waals surface area (Å²) >= 11 is 0. The van der Waals surface area contributed by atoms with Gasteiger partial charge in [0, 0.05) is 0 Å². The van der Waals surface area contributed by atoms with E-state index in [4.69, 9.17) is 4.74 Å². The second-order valence-electron chi connectivity index (χ2n) is 1.82. The van der Waals surface area contributed by atoms with Gasteiger partial charge in [0.15, 0.2) is 0 Å². The van der Waals surface area contributed by atoms with E-state index in [9.17, 15) is 4.79 Å². The van der Waals surface area contributed by atoms with E-state index >= 15 is 0 Å². The molecule has 0 amide bonds. The minimum Gasteiger partial charge on any atom is -0.454 e. The van der Waals surface area contributed by atoms with E-state index in [0.29, 0.717) is 6.42 Å². The topological polar surface area (TPSA) is 26.3 Å². The van der Waals surface area contributed by atoms with Gasteiger partial charge in [0.1, 0.15) is 6.10 Å². The number of hydrogen-bond donors (Lipinski definition) is 0. The maximum atomic E-state index is 10.5. The van der Waals surface area contributed by atoms with Gasteiger partial charge >= 0.3 is 5.97 Å². The molecule has 0 aromatic carbocycles. The lowest BCUT2D eigenvalue weighted by molar-refractivity contribution is -0.144. The Morgan fingerprint density at radius 3 is 3.11 bits per heavy atom. The van der Waals surface area contributed by atoms with E-state index in [-0.39, 0.29) is 12.1 Å². The van der Waals surface area contributed by atoms with Crippen LogP contribution in [-0.4, -0.2) is 12.1 Å². The summed E-state index contributed by atoms with van der Waals surface area (Å²) in [6, 6.07) is 0. The fraction of sp³-hybridized carbons (Fsp3) is 0.286. The smallest absolute Gasteiger partial charge is 0.310 e. The second-order valence-corrected chi connectivity index (χ2v) is 1.82. The zero-order chi connectivity index (χ0) is 6.69. The Bertz CT molecular complexity index is 158. The van der Waals surface area contributed by atoms with Gasteiger partial charge in [0.2, 0.25) is 0 Å². The largest absolute Gasteiger partial charge is 0.454 e. The van der Waals surface area contributed by atoms with Crippen molar-refractivity contribution < 1.29 is 9.53 Å². The number of ether oxygens (including phenoxy) is 1. The van der Waals surface area contributed by atoms with Crippen LogP contribution in [0, 0.1) is 0 Å². The summed E-state index contributed by atoms with van der Waals surface area (Å²) in [5, 5.41) is 0. The third kappa shape index (κ3) is 1.42. The third-order valence-electron chi connectivity index (χ3n) is 1.11. The van der Waals surface area contributed by atoms with Crippen LogP contribution < -0.4 is 0 Å². The van der Waals surface area contributed by atoms with Crippen molar-refractivity contribution in [2.24, 2.45) is 0 Å². The van der Waals surface area contributed by atoms with Crippen molar-refractivity contribution in [2.45, 2.75) is 12.5 Å². The minimum absolute atomic E-state index is 0.178. The summed E-state index contributed by atoms with van der Waals surface area (Å²) in [7, 11) is 0. The Kier molecular flexibility index (Phi) is 1.68. The van der Waals surface area contributed by atoms with Gasteiger partial charge in [-0.05, 0) is 12.2 Å². The van der Waals surface area contributed by atoms with E-state index in [1.807, 2.05) is 6.08 Å². The molecule has 1 unspecified atom stereocenters. The van der Waals surface area contributed by atoms with E-state index in [1.54, 1.807) is 12.2 Å². The molecule has 0 aromatic rings. The highest BCUT2D eigenvalue weighted by Crippen LogP contribution is 2.05. The highest BCUT2D eigenvalue weighted by molar-refractivity contribution is 5.72. The molecular weight excluding hydrogens is 116 g/mol. The molecule has 9 heavy (non-hydrogen) atoms. The predicted molar refractivity (Wildman–Crippen MR) is 33.8 cm³/mol. The lowest BCUT2D eigenvalue weighted by Gasteiger charge is -2.12. The van der Waals surface area contributed by atoms with Gasteiger partial charge in [-0.1, -0.05) is 12.7 Å². The normalized spacial score (nSPS) is 25.3. The van der Waals surface area contributed by atoms with Crippen LogP contribution in [0.15, 0.2) is 24.8 Å². The van der Waals surface area contributed by atoms with Crippen LogP contribution in [0.2, 0.25) is 0 Å². The van der Waals surface area contributed by atoms with Crippen molar-refractivity contribution in [3.8, 4) is 0 Å². The number of esters is 1. The highest BCUT2D eigenvalue weighted by atomic mass is 16.5. The lowest BCUT2D eigenvalue weighted by atomic mass is 10.2. The Morgan fingerprint density at radius 1 is 1.89 bits per heavy atom. The first-order valence-corrected chi connectivity index (χ1v) is 2.81. The Balaban J connectivity index is 2.58. The van der Waals surface area contributed by atoms with Crippen LogP contribution in [0.5, 0.6) is 0 Å². The van der Waals surface area contributed by atoms with E-state index in [1.165, 1.54) is 0 Å². The van der Waals surface area contributed by atoms with Crippen molar-refractivity contribution in [2.75, 3.05) is 0 Å². The first-order chi connectivity index (χ1) is 4.33. The van der Waals surface area contributed by atoms with Crippen molar-refractivity contribution in [1.29, 1.82) is 0 Å². The van der Waals surface area contributed by atoms with Crippen LogP contribution in [0.3, 0.4) is 0 Å². The zero-order valence-electron chi connectivity index (χ0n) is 5.04. The van der Waals surface area contributed by atoms with Crippen LogP contribution in [0.1, 0.15) is 6.42 Å². The number of cyclic esters (lactones) is 1. The summed E-state index contributed by atoms with van der Waals surface area (Å²) in [4.78, 5) is 10.5. The second kappa shape index (κ2) is 2.49. The maximum absolute atomic E-state index is 10.5. The number of carbonyl (C=O) groups excluding carboxylic acids is 1. The highest BCUT2D eigenvalue weighted by Gasteiger charge is 2.10. The summed E-state index contributed by atoms with van der Waals surface area (Å²) < 4.78 is 4.79. The van der Waals surface area contributed by atoms with Gasteiger partial charge in [-0.15, -0.1) is 0 Å². The Hall–Kier alpha value is -1.05. The summed E-state index contributed by atoms with van der Waals surface area (Å²) in [5.74, 6) is -0.178. The Labute approximate surface area is 53.8 Å². The molecule has 0 spiro atoms. The fourth-order valence-electron chi connectivity index (χ4n) is 0.664. The van der Waals surface area contributed by atoms with Crippen LogP contribution in [0.25, 0.3) is 0 Å². The van der Waals surface area contributed by atoms with Gasteiger partial charge in [-0.25, -0.2) is 0 Å². The zero-order valence-corrected chi connectivity index (χ0v) is 5.04. The number of rotatable bonds is 1. The standard InChI is InChI=1S/C7H8O2/c1-2-6-4-3-5-7(8)9-6/h2-4,6H,1,5H2. The SMILES string of the molecule is C=CC1C=CCC(=O)O1. The van der Waals surface area contributed by atoms with Crippen molar-refractivity contribution in [3.63, 3.8) is 0 Å². The first-order valence-electron chi connectivity index (χ1n) is 2.81. The van der Waals surface area contributed by atoms with Gasteiger partial charge in [0.05, 0.1) is 6.42 Å². The fourth-order valence-corrected chi connectivity index (χ4v) is 0.664. The van der Waals surface area contributed by atoms with E-state index < -0.39 is 0 Å².